The molecule has 30 heavy (non-hydrogen) atoms. The zero-order valence-electron chi connectivity index (χ0n) is 16.2. The number of pyridine rings is 1. The summed E-state index contributed by atoms with van der Waals surface area (Å²) in [5.41, 5.74) is 3.88. The predicted molar refractivity (Wildman–Crippen MR) is 114 cm³/mol. The molecule has 4 aromatic heterocycles. The quantitative estimate of drug-likeness (QED) is 0.310. The molecular formula is C21H16N6O2S. The number of hydrogen-bond donors (Lipinski definition) is 0. The number of benzene rings is 1. The van der Waals surface area contributed by atoms with Gasteiger partial charge in [-0.3, -0.25) is 4.98 Å². The van der Waals surface area contributed by atoms with E-state index in [-0.39, 0.29) is 0 Å². The molecule has 0 spiro atoms. The van der Waals surface area contributed by atoms with Gasteiger partial charge in [-0.15, -0.1) is 5.10 Å². The van der Waals surface area contributed by atoms with Crippen LogP contribution in [0.2, 0.25) is 0 Å². The summed E-state index contributed by atoms with van der Waals surface area (Å²) in [6.45, 7) is 0. The number of aromatic nitrogens is 6. The minimum absolute atomic E-state index is 0.603. The molecule has 0 unspecified atom stereocenters. The molecule has 0 saturated carbocycles. The topological polar surface area (TPSA) is 91.8 Å². The Morgan fingerprint density at radius 3 is 2.67 bits per heavy atom. The lowest BCUT2D eigenvalue weighted by Gasteiger charge is -2.14. The van der Waals surface area contributed by atoms with Crippen molar-refractivity contribution in [2.24, 2.45) is 0 Å². The van der Waals surface area contributed by atoms with Crippen molar-refractivity contribution in [3.8, 4) is 34.1 Å². The van der Waals surface area contributed by atoms with Gasteiger partial charge in [0, 0.05) is 18.5 Å². The number of fused-ring (bicyclic) bond motifs is 1. The highest BCUT2D eigenvalue weighted by molar-refractivity contribution is 7.98. The van der Waals surface area contributed by atoms with Crippen LogP contribution in [-0.2, 0) is 0 Å². The summed E-state index contributed by atoms with van der Waals surface area (Å²) in [7, 11) is 1.62. The lowest BCUT2D eigenvalue weighted by atomic mass is 10.0. The first-order valence-electron chi connectivity index (χ1n) is 9.08. The normalized spacial score (nSPS) is 11.1. The number of hydrogen-bond acceptors (Lipinski definition) is 8. The van der Waals surface area contributed by atoms with Gasteiger partial charge < -0.3 is 9.15 Å². The fourth-order valence-corrected chi connectivity index (χ4v) is 3.60. The number of rotatable bonds is 5. The van der Waals surface area contributed by atoms with Crippen molar-refractivity contribution >= 4 is 22.8 Å². The smallest absolute Gasteiger partial charge is 0.190 e. The fraction of sp³-hybridized carbons (Fsp3) is 0.0952. The zero-order chi connectivity index (χ0) is 20.5. The second kappa shape index (κ2) is 7.60. The van der Waals surface area contributed by atoms with Crippen molar-refractivity contribution in [2.75, 3.05) is 13.4 Å². The van der Waals surface area contributed by atoms with Crippen molar-refractivity contribution in [2.45, 2.75) is 5.16 Å². The molecule has 0 amide bonds. The maximum absolute atomic E-state index is 5.69. The zero-order valence-corrected chi connectivity index (χ0v) is 17.0. The third-order valence-corrected chi connectivity index (χ3v) is 5.18. The summed E-state index contributed by atoms with van der Waals surface area (Å²) >= 11 is 1.45. The molecule has 1 aromatic carbocycles. The van der Waals surface area contributed by atoms with E-state index in [2.05, 4.69) is 15.3 Å². The standard InChI is InChI=1S/C21H16N6O2S/c1-28-14-5-6-16-15(12-14)25-26-27(16)20-18(13-7-9-22-10-8-13)19(17-4-3-11-29-17)23-21(24-20)30-2/h3-12H,1-2H3. The van der Waals surface area contributed by atoms with Gasteiger partial charge in [-0.2, -0.15) is 4.68 Å². The highest BCUT2D eigenvalue weighted by atomic mass is 32.2. The molecule has 0 aliphatic carbocycles. The average molecular weight is 416 g/mol. The minimum Gasteiger partial charge on any atom is -0.497 e. The third kappa shape index (κ3) is 3.09. The van der Waals surface area contributed by atoms with Gasteiger partial charge in [0.05, 0.1) is 24.5 Å². The van der Waals surface area contributed by atoms with Gasteiger partial charge in [-0.1, -0.05) is 17.0 Å². The van der Waals surface area contributed by atoms with E-state index >= 15 is 0 Å². The van der Waals surface area contributed by atoms with Crippen molar-refractivity contribution in [1.82, 2.24) is 29.9 Å². The van der Waals surface area contributed by atoms with Gasteiger partial charge in [0.2, 0.25) is 0 Å². The van der Waals surface area contributed by atoms with E-state index in [1.807, 2.05) is 48.7 Å². The van der Waals surface area contributed by atoms with Gasteiger partial charge in [0.15, 0.2) is 16.7 Å². The third-order valence-electron chi connectivity index (χ3n) is 4.63. The molecule has 0 bridgehead atoms. The highest BCUT2D eigenvalue weighted by Crippen LogP contribution is 2.37. The van der Waals surface area contributed by atoms with Crippen LogP contribution in [0.25, 0.3) is 39.4 Å². The lowest BCUT2D eigenvalue weighted by Crippen LogP contribution is -2.07. The predicted octanol–water partition coefficient (Wildman–Crippen LogP) is 4.26. The molecule has 0 aliphatic heterocycles. The van der Waals surface area contributed by atoms with Gasteiger partial charge in [0.1, 0.15) is 17.0 Å². The van der Waals surface area contributed by atoms with Crippen LogP contribution in [0.3, 0.4) is 0 Å². The average Bonchev–Trinajstić information content (AvgIpc) is 3.48. The Morgan fingerprint density at radius 2 is 1.93 bits per heavy atom. The highest BCUT2D eigenvalue weighted by Gasteiger charge is 2.22. The Bertz CT molecular complexity index is 1320. The lowest BCUT2D eigenvalue weighted by molar-refractivity contribution is 0.415. The number of furan rings is 1. The fourth-order valence-electron chi connectivity index (χ4n) is 3.24. The Morgan fingerprint density at radius 1 is 1.07 bits per heavy atom. The molecule has 0 saturated heterocycles. The molecular weight excluding hydrogens is 400 g/mol. The summed E-state index contributed by atoms with van der Waals surface area (Å²) in [6.07, 6.45) is 7.03. The van der Waals surface area contributed by atoms with E-state index < -0.39 is 0 Å². The van der Waals surface area contributed by atoms with Gasteiger partial charge >= 0.3 is 0 Å². The number of ether oxygens (including phenoxy) is 1. The van der Waals surface area contributed by atoms with Crippen molar-refractivity contribution in [3.05, 3.63) is 61.1 Å². The van der Waals surface area contributed by atoms with Crippen molar-refractivity contribution in [3.63, 3.8) is 0 Å². The van der Waals surface area contributed by atoms with Crippen LogP contribution in [0.5, 0.6) is 5.75 Å². The first kappa shape index (κ1) is 18.3. The summed E-state index contributed by atoms with van der Waals surface area (Å²) < 4.78 is 12.7. The minimum atomic E-state index is 0.603. The molecule has 9 heteroatoms. The van der Waals surface area contributed by atoms with Crippen molar-refractivity contribution in [1.29, 1.82) is 0 Å². The Kier molecular flexibility index (Phi) is 4.64. The molecule has 0 atom stereocenters. The maximum atomic E-state index is 5.69. The molecule has 0 N–H and O–H groups in total. The number of nitrogens with zero attached hydrogens (tertiary/aromatic N) is 6. The molecule has 8 nitrogen and oxygen atoms in total. The van der Waals surface area contributed by atoms with Crippen LogP contribution in [-0.4, -0.2) is 43.3 Å². The van der Waals surface area contributed by atoms with E-state index in [4.69, 9.17) is 19.1 Å². The maximum Gasteiger partial charge on any atom is 0.190 e. The van der Waals surface area contributed by atoms with E-state index in [1.54, 1.807) is 30.4 Å². The monoisotopic (exact) mass is 416 g/mol. The van der Waals surface area contributed by atoms with Gasteiger partial charge in [-0.25, -0.2) is 9.97 Å². The van der Waals surface area contributed by atoms with Crippen LogP contribution in [0, 0.1) is 0 Å². The van der Waals surface area contributed by atoms with E-state index in [0.717, 1.165) is 16.6 Å². The molecule has 4 heterocycles. The van der Waals surface area contributed by atoms with Crippen LogP contribution in [0.15, 0.2) is 70.7 Å². The Labute approximate surface area is 175 Å². The second-order valence-electron chi connectivity index (χ2n) is 6.33. The van der Waals surface area contributed by atoms with Crippen LogP contribution in [0.1, 0.15) is 0 Å². The van der Waals surface area contributed by atoms with Crippen LogP contribution < -0.4 is 4.74 Å². The molecule has 0 fully saturated rings. The van der Waals surface area contributed by atoms with E-state index in [1.165, 1.54) is 11.8 Å². The molecule has 0 radical (unpaired) electrons. The number of thioether (sulfide) groups is 1. The summed E-state index contributed by atoms with van der Waals surface area (Å²) in [5.74, 6) is 1.97. The van der Waals surface area contributed by atoms with Gasteiger partial charge in [-0.05, 0) is 48.2 Å². The molecule has 0 aliphatic rings. The molecule has 5 rings (SSSR count). The molecule has 5 aromatic rings. The van der Waals surface area contributed by atoms with E-state index in [0.29, 0.717) is 33.7 Å². The largest absolute Gasteiger partial charge is 0.497 e. The molecule has 148 valence electrons. The Hall–Kier alpha value is -3.72. The summed E-state index contributed by atoms with van der Waals surface area (Å²) in [5, 5.41) is 9.31. The first-order chi connectivity index (χ1) is 14.8. The SMILES string of the molecule is COc1ccc2c(c1)nnn2-c1nc(SC)nc(-c2ccco2)c1-c1ccncc1. The van der Waals surface area contributed by atoms with Crippen LogP contribution >= 0.6 is 11.8 Å². The number of methoxy groups -OCH3 is 1. The summed E-state index contributed by atoms with van der Waals surface area (Å²) in [6, 6.07) is 13.2. The summed E-state index contributed by atoms with van der Waals surface area (Å²) in [4.78, 5) is 13.7. The Balaban J connectivity index is 1.85. The van der Waals surface area contributed by atoms with Crippen molar-refractivity contribution < 1.29 is 9.15 Å². The van der Waals surface area contributed by atoms with Crippen LogP contribution in [0.4, 0.5) is 0 Å². The van der Waals surface area contributed by atoms with Gasteiger partial charge in [0.25, 0.3) is 0 Å². The second-order valence-corrected chi connectivity index (χ2v) is 7.10. The first-order valence-corrected chi connectivity index (χ1v) is 10.3. The van der Waals surface area contributed by atoms with E-state index in [9.17, 15) is 0 Å².